The minimum absolute atomic E-state index is 0.0716. The first kappa shape index (κ1) is 12.9. The van der Waals surface area contributed by atoms with E-state index in [1.165, 1.54) is 0 Å². The van der Waals surface area contributed by atoms with Crippen LogP contribution in [0.4, 0.5) is 0 Å². The van der Waals surface area contributed by atoms with E-state index in [0.717, 1.165) is 21.4 Å². The average Bonchev–Trinajstić information content (AvgIpc) is 2.28. The lowest BCUT2D eigenvalue weighted by Crippen LogP contribution is -2.04. The van der Waals surface area contributed by atoms with Crippen molar-refractivity contribution in [1.29, 1.82) is 0 Å². The third kappa shape index (κ3) is 3.23. The van der Waals surface area contributed by atoms with Gasteiger partial charge in [-0.2, -0.15) is 0 Å². The number of Topliss-reactive ketones (excluding diaryl/α,β-unsaturated/α-hetero) is 1. The normalized spacial score (nSPS) is 10.4. The number of aryl methyl sites for hydroxylation is 1. The molecule has 0 spiro atoms. The molecular weight excluding hydrogens is 292 g/mol. The molecule has 0 saturated heterocycles. The lowest BCUT2D eigenvalue weighted by molar-refractivity contribution is -0.116. The van der Waals surface area contributed by atoms with Gasteiger partial charge in [0.2, 0.25) is 0 Å². The Morgan fingerprint density at radius 3 is 2.50 bits per heavy atom. The van der Waals surface area contributed by atoms with Crippen LogP contribution in [0.2, 0.25) is 0 Å². The third-order valence-electron chi connectivity index (χ3n) is 2.45. The Bertz CT molecular complexity index is 579. The van der Waals surface area contributed by atoms with Crippen LogP contribution in [0, 0.1) is 6.92 Å². The summed E-state index contributed by atoms with van der Waals surface area (Å²) in [7, 11) is 0. The number of nitrogens with zero attached hydrogens (tertiary/aromatic N) is 2. The fraction of sp³-hybridized carbons (Fsp3) is 0.214. The van der Waals surface area contributed by atoms with Crippen LogP contribution in [0.5, 0.6) is 0 Å². The van der Waals surface area contributed by atoms with Crippen LogP contribution >= 0.6 is 15.9 Å². The van der Waals surface area contributed by atoms with Crippen molar-refractivity contribution in [1.82, 2.24) is 9.97 Å². The van der Waals surface area contributed by atoms with Crippen LogP contribution in [0.25, 0.3) is 11.3 Å². The number of benzene rings is 1. The summed E-state index contributed by atoms with van der Waals surface area (Å²) in [6.07, 6.45) is 0.283. The minimum Gasteiger partial charge on any atom is -0.300 e. The van der Waals surface area contributed by atoms with Gasteiger partial charge in [-0.15, -0.1) is 0 Å². The molecule has 4 heteroatoms. The summed E-state index contributed by atoms with van der Waals surface area (Å²) >= 11 is 3.40. The summed E-state index contributed by atoms with van der Waals surface area (Å²) in [5.41, 5.74) is 2.75. The molecule has 1 aromatic carbocycles. The van der Waals surface area contributed by atoms with E-state index in [2.05, 4.69) is 25.9 Å². The number of carbonyl (C=O) groups is 1. The van der Waals surface area contributed by atoms with Crippen LogP contribution in [-0.2, 0) is 11.2 Å². The lowest BCUT2D eigenvalue weighted by Gasteiger charge is -2.05. The van der Waals surface area contributed by atoms with Crippen molar-refractivity contribution < 1.29 is 4.79 Å². The SMILES string of the molecule is CC(=O)Cc1nc(C)cc(-c2ccc(Br)cc2)n1. The maximum Gasteiger partial charge on any atom is 0.137 e. The first-order chi connectivity index (χ1) is 8.54. The molecule has 1 heterocycles. The molecule has 2 aromatic rings. The van der Waals surface area contributed by atoms with E-state index in [0.29, 0.717) is 5.82 Å². The number of hydrogen-bond acceptors (Lipinski definition) is 3. The van der Waals surface area contributed by atoms with E-state index in [1.807, 2.05) is 37.3 Å². The highest BCUT2D eigenvalue weighted by Gasteiger charge is 2.06. The van der Waals surface area contributed by atoms with Gasteiger partial charge >= 0.3 is 0 Å². The van der Waals surface area contributed by atoms with Crippen LogP contribution in [0.3, 0.4) is 0 Å². The van der Waals surface area contributed by atoms with Crippen molar-refractivity contribution in [2.45, 2.75) is 20.3 Å². The van der Waals surface area contributed by atoms with Gasteiger partial charge in [0.1, 0.15) is 11.6 Å². The smallest absolute Gasteiger partial charge is 0.137 e. The maximum atomic E-state index is 11.1. The predicted molar refractivity (Wildman–Crippen MR) is 74.3 cm³/mol. The van der Waals surface area contributed by atoms with Gasteiger partial charge in [0.25, 0.3) is 0 Å². The average molecular weight is 305 g/mol. The minimum atomic E-state index is 0.0716. The Morgan fingerprint density at radius 1 is 1.22 bits per heavy atom. The second kappa shape index (κ2) is 5.40. The van der Waals surface area contributed by atoms with Crippen LogP contribution in [0.1, 0.15) is 18.4 Å². The van der Waals surface area contributed by atoms with Gasteiger partial charge in [0, 0.05) is 15.7 Å². The zero-order valence-electron chi connectivity index (χ0n) is 10.3. The Kier molecular flexibility index (Phi) is 3.87. The fourth-order valence-corrected chi connectivity index (χ4v) is 1.96. The standard InChI is InChI=1S/C14H13BrN2O/c1-9-7-13(11-3-5-12(15)6-4-11)17-14(16-9)8-10(2)18/h3-7H,8H2,1-2H3. The van der Waals surface area contributed by atoms with Crippen molar-refractivity contribution in [3.63, 3.8) is 0 Å². The van der Waals surface area contributed by atoms with Crippen molar-refractivity contribution >= 4 is 21.7 Å². The third-order valence-corrected chi connectivity index (χ3v) is 2.98. The molecule has 0 unspecified atom stereocenters. The number of ketones is 1. The summed E-state index contributed by atoms with van der Waals surface area (Å²) < 4.78 is 1.03. The molecule has 3 nitrogen and oxygen atoms in total. The Balaban J connectivity index is 2.41. The van der Waals surface area contributed by atoms with Crippen LogP contribution < -0.4 is 0 Å². The largest absolute Gasteiger partial charge is 0.300 e. The van der Waals surface area contributed by atoms with Gasteiger partial charge in [0.15, 0.2) is 0 Å². The maximum absolute atomic E-state index is 11.1. The van der Waals surface area contributed by atoms with Gasteiger partial charge in [-0.3, -0.25) is 4.79 Å². The molecule has 0 aliphatic carbocycles. The quantitative estimate of drug-likeness (QED) is 0.873. The number of carbonyl (C=O) groups excluding carboxylic acids is 1. The van der Waals surface area contributed by atoms with Crippen molar-refractivity contribution in [2.24, 2.45) is 0 Å². The summed E-state index contributed by atoms with van der Waals surface area (Å²) in [6.45, 7) is 3.46. The van der Waals surface area contributed by atoms with E-state index >= 15 is 0 Å². The molecule has 0 atom stereocenters. The monoisotopic (exact) mass is 304 g/mol. The highest BCUT2D eigenvalue weighted by Crippen LogP contribution is 2.20. The second-order valence-corrected chi connectivity index (χ2v) is 5.11. The van der Waals surface area contributed by atoms with E-state index in [-0.39, 0.29) is 12.2 Å². The Labute approximate surface area is 114 Å². The highest BCUT2D eigenvalue weighted by atomic mass is 79.9. The van der Waals surface area contributed by atoms with Gasteiger partial charge in [-0.25, -0.2) is 9.97 Å². The van der Waals surface area contributed by atoms with E-state index < -0.39 is 0 Å². The molecule has 2 rings (SSSR count). The first-order valence-corrected chi connectivity index (χ1v) is 6.44. The van der Waals surface area contributed by atoms with Crippen molar-refractivity contribution in [2.75, 3.05) is 0 Å². The fourth-order valence-electron chi connectivity index (χ4n) is 1.70. The predicted octanol–water partition coefficient (Wildman–Crippen LogP) is 3.35. The van der Waals surface area contributed by atoms with Crippen LogP contribution in [-0.4, -0.2) is 15.8 Å². The molecule has 18 heavy (non-hydrogen) atoms. The van der Waals surface area contributed by atoms with Crippen LogP contribution in [0.15, 0.2) is 34.8 Å². The zero-order chi connectivity index (χ0) is 13.1. The molecule has 0 bridgehead atoms. The van der Waals surface area contributed by atoms with E-state index in [9.17, 15) is 4.79 Å². The molecule has 1 aromatic heterocycles. The van der Waals surface area contributed by atoms with Gasteiger partial charge < -0.3 is 0 Å². The molecular formula is C14H13BrN2O. The summed E-state index contributed by atoms with van der Waals surface area (Å²) in [5.74, 6) is 0.655. The number of rotatable bonds is 3. The molecule has 0 saturated carbocycles. The summed E-state index contributed by atoms with van der Waals surface area (Å²) in [4.78, 5) is 19.8. The molecule has 0 radical (unpaired) electrons. The lowest BCUT2D eigenvalue weighted by atomic mass is 10.1. The van der Waals surface area contributed by atoms with Gasteiger partial charge in [-0.1, -0.05) is 28.1 Å². The van der Waals surface area contributed by atoms with E-state index in [4.69, 9.17) is 0 Å². The molecule has 0 aliphatic rings. The Morgan fingerprint density at radius 2 is 1.89 bits per heavy atom. The molecule has 0 N–H and O–H groups in total. The second-order valence-electron chi connectivity index (χ2n) is 4.20. The molecule has 0 fully saturated rings. The van der Waals surface area contributed by atoms with Crippen molar-refractivity contribution in [3.05, 3.63) is 46.3 Å². The molecule has 0 aliphatic heterocycles. The summed E-state index contributed by atoms with van der Waals surface area (Å²) in [6, 6.07) is 9.84. The first-order valence-electron chi connectivity index (χ1n) is 5.64. The molecule has 0 amide bonds. The summed E-state index contributed by atoms with van der Waals surface area (Å²) in [5, 5.41) is 0. The topological polar surface area (TPSA) is 42.9 Å². The van der Waals surface area contributed by atoms with Gasteiger partial charge in [-0.05, 0) is 32.0 Å². The number of aromatic nitrogens is 2. The highest BCUT2D eigenvalue weighted by molar-refractivity contribution is 9.10. The number of hydrogen-bond donors (Lipinski definition) is 0. The number of halogens is 1. The molecule has 92 valence electrons. The van der Waals surface area contributed by atoms with Gasteiger partial charge in [0.05, 0.1) is 12.1 Å². The zero-order valence-corrected chi connectivity index (χ0v) is 11.9. The van der Waals surface area contributed by atoms with E-state index in [1.54, 1.807) is 6.92 Å². The Hall–Kier alpha value is -1.55. The van der Waals surface area contributed by atoms with Crippen molar-refractivity contribution in [3.8, 4) is 11.3 Å².